The number of anilines is 1. The number of phosphoric ester groups is 1. The molecule has 1 aliphatic heterocycles. The van der Waals surface area contributed by atoms with Crippen LogP contribution in [0.2, 0.25) is 0 Å². The van der Waals surface area contributed by atoms with Crippen LogP contribution in [0.1, 0.15) is 26.7 Å². The molecule has 2 aromatic rings. The van der Waals surface area contributed by atoms with E-state index in [4.69, 9.17) is 20.3 Å². The molecule has 28 heavy (non-hydrogen) atoms. The maximum Gasteiger partial charge on any atom is 0.469 e. The van der Waals surface area contributed by atoms with Gasteiger partial charge in [-0.05, 0) is 18.8 Å². The van der Waals surface area contributed by atoms with Gasteiger partial charge in [0.1, 0.15) is 30.2 Å². The quantitative estimate of drug-likeness (QED) is 0.373. The average Bonchev–Trinajstić information content (AvgIpc) is 3.14. The molecule has 3 heterocycles. The molecule has 0 aliphatic carbocycles. The Labute approximate surface area is 160 Å². The summed E-state index contributed by atoms with van der Waals surface area (Å²) in [7, 11) is -4.77. The van der Waals surface area contributed by atoms with Crippen molar-refractivity contribution in [1.82, 2.24) is 19.5 Å². The number of nitrogens with two attached hydrogens (primary N) is 1. The summed E-state index contributed by atoms with van der Waals surface area (Å²) in [4.78, 5) is 30.1. The van der Waals surface area contributed by atoms with Gasteiger partial charge in [-0.25, -0.2) is 19.5 Å². The number of phosphoric acid groups is 1. The lowest BCUT2D eigenvalue weighted by molar-refractivity contribution is -0.151. The summed E-state index contributed by atoms with van der Waals surface area (Å²) in [6.07, 6.45) is -0.510. The van der Waals surface area contributed by atoms with E-state index < -0.39 is 38.5 Å². The predicted octanol–water partition coefficient (Wildman–Crippen LogP) is -0.273. The Morgan fingerprint density at radius 2 is 2.07 bits per heavy atom. The van der Waals surface area contributed by atoms with Gasteiger partial charge in [-0.2, -0.15) is 0 Å². The minimum atomic E-state index is -4.77. The Bertz CT molecular complexity index is 887. The highest BCUT2D eigenvalue weighted by Crippen LogP contribution is 2.44. The Morgan fingerprint density at radius 3 is 2.71 bits per heavy atom. The van der Waals surface area contributed by atoms with Crippen molar-refractivity contribution in [3.63, 3.8) is 0 Å². The van der Waals surface area contributed by atoms with Crippen molar-refractivity contribution in [2.24, 2.45) is 5.92 Å². The van der Waals surface area contributed by atoms with Crippen LogP contribution in [0.5, 0.6) is 0 Å². The second-order valence-electron chi connectivity index (χ2n) is 7.20. The van der Waals surface area contributed by atoms with Crippen LogP contribution in [0.25, 0.3) is 11.2 Å². The molecule has 0 aromatic carbocycles. The topological polar surface area (TPSA) is 186 Å². The molecule has 0 saturated carbocycles. The van der Waals surface area contributed by atoms with Gasteiger partial charge in [-0.3, -0.25) is 9.09 Å². The van der Waals surface area contributed by atoms with Gasteiger partial charge in [0, 0.05) is 0 Å². The molecule has 0 spiro atoms. The summed E-state index contributed by atoms with van der Waals surface area (Å²) >= 11 is 0. The number of rotatable bonds is 7. The van der Waals surface area contributed by atoms with Crippen LogP contribution in [-0.4, -0.2) is 64.4 Å². The average molecular weight is 417 g/mol. The van der Waals surface area contributed by atoms with Crippen molar-refractivity contribution in [2.75, 3.05) is 12.3 Å². The van der Waals surface area contributed by atoms with E-state index in [9.17, 15) is 14.8 Å². The van der Waals surface area contributed by atoms with E-state index in [2.05, 4.69) is 19.5 Å². The molecular weight excluding hydrogens is 393 g/mol. The van der Waals surface area contributed by atoms with Crippen LogP contribution in [0.15, 0.2) is 12.7 Å². The van der Waals surface area contributed by atoms with Crippen molar-refractivity contribution < 1.29 is 33.8 Å². The molecule has 1 aliphatic rings. The summed E-state index contributed by atoms with van der Waals surface area (Å²) in [6.45, 7) is 3.38. The molecule has 0 bridgehead atoms. The van der Waals surface area contributed by atoms with E-state index in [1.807, 2.05) is 13.8 Å². The number of hydrogen-bond acceptors (Lipinski definition) is 9. The third-order valence-electron chi connectivity index (χ3n) is 4.78. The second-order valence-corrected chi connectivity index (χ2v) is 8.44. The molecule has 0 amide bonds. The fraction of sp³-hybridized carbons (Fsp3) is 0.667. The number of aliphatic hydroxyl groups is 2. The van der Waals surface area contributed by atoms with Crippen LogP contribution < -0.4 is 5.73 Å². The number of hydrogen-bond donors (Lipinski definition) is 5. The molecule has 13 heteroatoms. The third kappa shape index (κ3) is 3.90. The minimum Gasteiger partial charge on any atom is -0.387 e. The van der Waals surface area contributed by atoms with E-state index >= 15 is 0 Å². The fourth-order valence-corrected chi connectivity index (χ4v) is 3.67. The molecule has 12 nitrogen and oxygen atoms in total. The van der Waals surface area contributed by atoms with Crippen LogP contribution >= 0.6 is 7.82 Å². The number of nitrogen functional groups attached to an aromatic ring is 1. The Kier molecular flexibility index (Phi) is 5.74. The largest absolute Gasteiger partial charge is 0.469 e. The fourth-order valence-electron chi connectivity index (χ4n) is 3.33. The number of imidazole rings is 1. The highest BCUT2D eigenvalue weighted by molar-refractivity contribution is 7.46. The summed E-state index contributed by atoms with van der Waals surface area (Å²) < 4.78 is 22.9. The molecule has 0 unspecified atom stereocenters. The van der Waals surface area contributed by atoms with Crippen LogP contribution in [0.4, 0.5) is 5.82 Å². The smallest absolute Gasteiger partial charge is 0.387 e. The van der Waals surface area contributed by atoms with Crippen LogP contribution in [0, 0.1) is 5.92 Å². The van der Waals surface area contributed by atoms with Gasteiger partial charge in [0.15, 0.2) is 17.2 Å². The zero-order valence-electron chi connectivity index (χ0n) is 15.4. The normalized spacial score (nSPS) is 28.5. The summed E-state index contributed by atoms with van der Waals surface area (Å²) in [5.41, 5.74) is 4.98. The molecule has 1 saturated heterocycles. The first-order valence-electron chi connectivity index (χ1n) is 8.73. The van der Waals surface area contributed by atoms with Crippen molar-refractivity contribution in [3.05, 3.63) is 12.7 Å². The monoisotopic (exact) mass is 417 g/mol. The number of fused-ring (bicyclic) bond motifs is 1. The van der Waals surface area contributed by atoms with E-state index in [1.54, 1.807) is 0 Å². The number of aliphatic hydroxyl groups excluding tert-OH is 2. The number of aromatic nitrogens is 4. The zero-order valence-corrected chi connectivity index (χ0v) is 16.3. The van der Waals surface area contributed by atoms with Gasteiger partial charge in [-0.1, -0.05) is 13.8 Å². The van der Waals surface area contributed by atoms with E-state index in [1.165, 1.54) is 17.2 Å². The molecule has 4 atom stereocenters. The molecule has 1 fully saturated rings. The first-order valence-corrected chi connectivity index (χ1v) is 10.3. The highest BCUT2D eigenvalue weighted by Gasteiger charge is 2.56. The van der Waals surface area contributed by atoms with Gasteiger partial charge < -0.3 is 30.5 Å². The van der Waals surface area contributed by atoms with Crippen molar-refractivity contribution in [3.8, 4) is 0 Å². The van der Waals surface area contributed by atoms with Gasteiger partial charge in [0.25, 0.3) is 0 Å². The lowest BCUT2D eigenvalue weighted by Crippen LogP contribution is -2.45. The molecule has 3 rings (SSSR count). The molecule has 0 radical (unpaired) electrons. The maximum atomic E-state index is 11.0. The second kappa shape index (κ2) is 7.64. The Morgan fingerprint density at radius 1 is 1.36 bits per heavy atom. The lowest BCUT2D eigenvalue weighted by Gasteiger charge is -2.34. The van der Waals surface area contributed by atoms with E-state index in [-0.39, 0.29) is 18.2 Å². The van der Waals surface area contributed by atoms with E-state index in [0.717, 1.165) is 0 Å². The van der Waals surface area contributed by atoms with Crippen LogP contribution in [-0.2, 0) is 19.6 Å². The third-order valence-corrected chi connectivity index (χ3v) is 5.26. The van der Waals surface area contributed by atoms with Crippen molar-refractivity contribution in [1.29, 1.82) is 0 Å². The van der Waals surface area contributed by atoms with Crippen molar-refractivity contribution >= 4 is 24.8 Å². The standard InChI is InChI=1S/C15H24N5O7P/c1-8(2)3-4-15(20-7-19-10-13(16)17-6-18-14(10)20)12(22)11(21)9(27-15)5-26-28(23,24)25/h6-9,11-12,21-22H,3-5H2,1-2H3,(H2,16,17,18)(H2,23,24,25)/t9-,11-,12-,15-/m1/s1. The van der Waals surface area contributed by atoms with E-state index in [0.29, 0.717) is 17.6 Å². The summed E-state index contributed by atoms with van der Waals surface area (Å²) in [5.74, 6) is 0.405. The Hall–Kier alpha value is -1.66. The lowest BCUT2D eigenvalue weighted by atomic mass is 9.94. The van der Waals surface area contributed by atoms with Crippen molar-refractivity contribution in [2.45, 2.75) is 50.7 Å². The number of nitrogens with zero attached hydrogens (tertiary/aromatic N) is 4. The maximum absolute atomic E-state index is 11.0. The summed E-state index contributed by atoms with van der Waals surface area (Å²) in [5, 5.41) is 21.4. The first-order chi connectivity index (χ1) is 13.0. The predicted molar refractivity (Wildman–Crippen MR) is 96.7 cm³/mol. The molecular formula is C15H24N5O7P. The highest BCUT2D eigenvalue weighted by atomic mass is 31.2. The van der Waals surface area contributed by atoms with Crippen LogP contribution in [0.3, 0.4) is 0 Å². The molecule has 6 N–H and O–H groups in total. The SMILES string of the molecule is CC(C)CC[C@@]1(n2cnc3c(N)ncnc32)O[C@H](COP(=O)(O)O)[C@@H](O)[C@H]1O. The molecule has 156 valence electrons. The molecule has 2 aromatic heterocycles. The Balaban J connectivity index is 2.02. The van der Waals surface area contributed by atoms with Gasteiger partial charge in [0.2, 0.25) is 0 Å². The number of ether oxygens (including phenoxy) is 1. The minimum absolute atomic E-state index is 0.150. The zero-order chi connectivity index (χ0) is 20.7. The van der Waals surface area contributed by atoms with Gasteiger partial charge >= 0.3 is 7.82 Å². The van der Waals surface area contributed by atoms with Gasteiger partial charge in [-0.15, -0.1) is 0 Å². The van der Waals surface area contributed by atoms with Gasteiger partial charge in [0.05, 0.1) is 12.9 Å². The summed E-state index contributed by atoms with van der Waals surface area (Å²) in [6, 6.07) is 0. The first kappa shape index (κ1) is 21.1.